The highest BCUT2D eigenvalue weighted by molar-refractivity contribution is 5.08. The number of aryl methyl sites for hydroxylation is 2. The number of aliphatic hydroxyl groups is 1. The summed E-state index contributed by atoms with van der Waals surface area (Å²) in [5.74, 6) is 2.01. The molecule has 0 fully saturated rings. The van der Waals surface area contributed by atoms with Gasteiger partial charge in [0.15, 0.2) is 0 Å². The fraction of sp³-hybridized carbons (Fsp3) is 0.500. The maximum atomic E-state index is 9.78. The van der Waals surface area contributed by atoms with Crippen LogP contribution in [0.4, 0.5) is 0 Å². The van der Waals surface area contributed by atoms with Gasteiger partial charge in [0.2, 0.25) is 0 Å². The smallest absolute Gasteiger partial charge is 0.104 e. The van der Waals surface area contributed by atoms with Crippen molar-refractivity contribution < 1.29 is 9.52 Å². The number of hydrogen-bond donors (Lipinski definition) is 1. The molecule has 1 unspecified atom stereocenters. The normalized spacial score (nSPS) is 15.4. The van der Waals surface area contributed by atoms with Gasteiger partial charge < -0.3 is 9.52 Å². The Labute approximate surface area is 110 Å². The van der Waals surface area contributed by atoms with E-state index in [1.54, 1.807) is 13.0 Å². The van der Waals surface area contributed by atoms with Crippen LogP contribution in [0, 0.1) is 6.92 Å². The van der Waals surface area contributed by atoms with Crippen LogP contribution in [-0.4, -0.2) is 10.7 Å². The average Bonchev–Trinajstić information content (AvgIpc) is 2.72. The predicted molar refractivity (Wildman–Crippen MR) is 75.6 cm³/mol. The van der Waals surface area contributed by atoms with Crippen LogP contribution in [0.1, 0.15) is 44.6 Å². The molecule has 0 aliphatic carbocycles. The molecular formula is C16H24O2. The summed E-state index contributed by atoms with van der Waals surface area (Å²) in [6, 6.07) is 4.03. The lowest BCUT2D eigenvalue weighted by atomic mass is 9.99. The quantitative estimate of drug-likeness (QED) is 0.734. The zero-order valence-corrected chi connectivity index (χ0v) is 11.7. The molecule has 0 aliphatic rings. The van der Waals surface area contributed by atoms with Crippen LogP contribution in [0.15, 0.2) is 40.9 Å². The number of furan rings is 1. The van der Waals surface area contributed by atoms with Crippen molar-refractivity contribution in [1.29, 1.82) is 0 Å². The zero-order chi connectivity index (χ0) is 13.6. The van der Waals surface area contributed by atoms with Crippen molar-refractivity contribution in [1.82, 2.24) is 0 Å². The van der Waals surface area contributed by atoms with E-state index in [1.165, 1.54) is 5.57 Å². The van der Waals surface area contributed by atoms with E-state index in [1.807, 2.05) is 19.1 Å². The van der Waals surface area contributed by atoms with Gasteiger partial charge in [-0.15, -0.1) is 6.58 Å². The third kappa shape index (κ3) is 5.37. The van der Waals surface area contributed by atoms with Crippen LogP contribution in [0.25, 0.3) is 0 Å². The van der Waals surface area contributed by atoms with Gasteiger partial charge in [-0.25, -0.2) is 0 Å². The second kappa shape index (κ2) is 6.60. The maximum Gasteiger partial charge on any atom is 0.104 e. The van der Waals surface area contributed by atoms with Crippen molar-refractivity contribution in [3.63, 3.8) is 0 Å². The van der Waals surface area contributed by atoms with Crippen LogP contribution in [0.5, 0.6) is 0 Å². The van der Waals surface area contributed by atoms with Crippen molar-refractivity contribution in [2.45, 2.75) is 52.1 Å². The van der Waals surface area contributed by atoms with E-state index in [0.717, 1.165) is 30.8 Å². The zero-order valence-electron chi connectivity index (χ0n) is 11.7. The monoisotopic (exact) mass is 248 g/mol. The van der Waals surface area contributed by atoms with E-state index in [2.05, 4.69) is 19.6 Å². The molecule has 0 spiro atoms. The fourth-order valence-electron chi connectivity index (χ4n) is 1.75. The topological polar surface area (TPSA) is 33.4 Å². The molecule has 0 saturated heterocycles. The molecule has 0 radical (unpaired) electrons. The highest BCUT2D eigenvalue weighted by atomic mass is 16.3. The molecule has 2 heteroatoms. The fourth-order valence-corrected chi connectivity index (χ4v) is 1.75. The van der Waals surface area contributed by atoms with Crippen molar-refractivity contribution in [3.8, 4) is 0 Å². The number of rotatable bonds is 7. The Morgan fingerprint density at radius 2 is 2.22 bits per heavy atom. The highest BCUT2D eigenvalue weighted by Crippen LogP contribution is 2.16. The van der Waals surface area contributed by atoms with E-state index < -0.39 is 5.60 Å². The third-order valence-corrected chi connectivity index (χ3v) is 3.14. The van der Waals surface area contributed by atoms with Crippen LogP contribution in [-0.2, 0) is 6.42 Å². The first-order valence-electron chi connectivity index (χ1n) is 6.50. The number of hydrogen-bond acceptors (Lipinski definition) is 2. The van der Waals surface area contributed by atoms with Crippen LogP contribution in [0.3, 0.4) is 0 Å². The lowest BCUT2D eigenvalue weighted by molar-refractivity contribution is 0.103. The second-order valence-corrected chi connectivity index (χ2v) is 5.16. The van der Waals surface area contributed by atoms with Crippen molar-refractivity contribution in [2.24, 2.45) is 0 Å². The summed E-state index contributed by atoms with van der Waals surface area (Å²) < 4.78 is 5.53. The average molecular weight is 248 g/mol. The first-order chi connectivity index (χ1) is 8.43. The highest BCUT2D eigenvalue weighted by Gasteiger charge is 2.13. The minimum Gasteiger partial charge on any atom is -0.466 e. The molecule has 0 aromatic carbocycles. The molecule has 1 N–H and O–H groups in total. The second-order valence-electron chi connectivity index (χ2n) is 5.16. The first-order valence-corrected chi connectivity index (χ1v) is 6.50. The maximum absolute atomic E-state index is 9.78. The van der Waals surface area contributed by atoms with Gasteiger partial charge >= 0.3 is 0 Å². The number of allylic oxidation sites excluding steroid dienone is 2. The molecule has 1 atom stereocenters. The van der Waals surface area contributed by atoms with E-state index in [-0.39, 0.29) is 0 Å². The summed E-state index contributed by atoms with van der Waals surface area (Å²) in [5.41, 5.74) is 0.582. The Hall–Kier alpha value is -1.28. The van der Waals surface area contributed by atoms with Gasteiger partial charge in [-0.05, 0) is 52.2 Å². The molecule has 1 aromatic rings. The SMILES string of the molecule is C=CC(C)(O)CCC=C(C)CCc1ccc(C)o1. The van der Waals surface area contributed by atoms with Gasteiger partial charge in [-0.2, -0.15) is 0 Å². The van der Waals surface area contributed by atoms with Crippen LogP contribution >= 0.6 is 0 Å². The molecule has 0 saturated carbocycles. The molecule has 100 valence electrons. The summed E-state index contributed by atoms with van der Waals surface area (Å²) in [6.07, 6.45) is 7.32. The van der Waals surface area contributed by atoms with E-state index >= 15 is 0 Å². The standard InChI is InChI=1S/C16H24O2/c1-5-16(4,17)12-6-7-13(2)8-10-15-11-9-14(3)18-15/h5,7,9,11,17H,1,6,8,10,12H2,2-4H3. The molecule has 1 rings (SSSR count). The van der Waals surface area contributed by atoms with Crippen LogP contribution < -0.4 is 0 Å². The summed E-state index contributed by atoms with van der Waals surface area (Å²) in [4.78, 5) is 0. The van der Waals surface area contributed by atoms with Gasteiger partial charge in [-0.3, -0.25) is 0 Å². The van der Waals surface area contributed by atoms with Crippen molar-refractivity contribution >= 4 is 0 Å². The van der Waals surface area contributed by atoms with E-state index in [4.69, 9.17) is 4.42 Å². The predicted octanol–water partition coefficient (Wildman–Crippen LogP) is 4.18. The largest absolute Gasteiger partial charge is 0.466 e. The van der Waals surface area contributed by atoms with Gasteiger partial charge in [0.05, 0.1) is 5.60 Å². The van der Waals surface area contributed by atoms with Gasteiger partial charge in [-0.1, -0.05) is 17.7 Å². The van der Waals surface area contributed by atoms with Crippen molar-refractivity contribution in [3.05, 3.63) is 48.0 Å². The Morgan fingerprint density at radius 1 is 1.50 bits per heavy atom. The Kier molecular flexibility index (Phi) is 5.42. The van der Waals surface area contributed by atoms with Crippen molar-refractivity contribution in [2.75, 3.05) is 0 Å². The Balaban J connectivity index is 2.32. The van der Waals surface area contributed by atoms with Gasteiger partial charge in [0, 0.05) is 6.42 Å². The lowest BCUT2D eigenvalue weighted by Gasteiger charge is -2.16. The Bertz CT molecular complexity index is 410. The first kappa shape index (κ1) is 14.8. The third-order valence-electron chi connectivity index (χ3n) is 3.14. The molecule has 1 heterocycles. The molecule has 2 nitrogen and oxygen atoms in total. The molecule has 0 aliphatic heterocycles. The molecular weight excluding hydrogens is 224 g/mol. The van der Waals surface area contributed by atoms with E-state index in [0.29, 0.717) is 6.42 Å². The molecule has 18 heavy (non-hydrogen) atoms. The molecule has 1 aromatic heterocycles. The lowest BCUT2D eigenvalue weighted by Crippen LogP contribution is -2.19. The van der Waals surface area contributed by atoms with Crippen LogP contribution in [0.2, 0.25) is 0 Å². The Morgan fingerprint density at radius 3 is 2.78 bits per heavy atom. The summed E-state index contributed by atoms with van der Waals surface area (Å²) >= 11 is 0. The van der Waals surface area contributed by atoms with Gasteiger partial charge in [0.1, 0.15) is 11.5 Å². The summed E-state index contributed by atoms with van der Waals surface area (Å²) in [5, 5.41) is 9.78. The minimum atomic E-state index is -0.755. The van der Waals surface area contributed by atoms with E-state index in [9.17, 15) is 5.11 Å². The molecule has 0 amide bonds. The van der Waals surface area contributed by atoms with Gasteiger partial charge in [0.25, 0.3) is 0 Å². The molecule has 0 bridgehead atoms. The summed E-state index contributed by atoms with van der Waals surface area (Å²) in [7, 11) is 0. The minimum absolute atomic E-state index is 0.716. The summed E-state index contributed by atoms with van der Waals surface area (Å²) in [6.45, 7) is 9.50.